The number of rotatable bonds is 4. The van der Waals surface area contributed by atoms with Gasteiger partial charge in [0.15, 0.2) is 0 Å². The summed E-state index contributed by atoms with van der Waals surface area (Å²) < 4.78 is 5.76. The van der Waals surface area contributed by atoms with Crippen LogP contribution in [0.3, 0.4) is 0 Å². The Hall–Kier alpha value is -1.22. The molecule has 1 saturated heterocycles. The van der Waals surface area contributed by atoms with Crippen LogP contribution in [0.15, 0.2) is 24.3 Å². The summed E-state index contributed by atoms with van der Waals surface area (Å²) >= 11 is 0. The first-order valence-corrected chi connectivity index (χ1v) is 6.99. The molecule has 0 bridgehead atoms. The molecule has 0 aliphatic carbocycles. The van der Waals surface area contributed by atoms with Gasteiger partial charge in [0.1, 0.15) is 12.4 Å². The molecule has 0 radical (unpaired) electrons. The predicted octanol–water partition coefficient (Wildman–Crippen LogP) is 2.91. The third-order valence-corrected chi connectivity index (χ3v) is 3.75. The zero-order valence-corrected chi connectivity index (χ0v) is 11.3. The van der Waals surface area contributed by atoms with E-state index in [9.17, 15) is 0 Å². The summed E-state index contributed by atoms with van der Waals surface area (Å²) in [6, 6.07) is 8.38. The van der Waals surface area contributed by atoms with Gasteiger partial charge in [-0.15, -0.1) is 0 Å². The number of nitrogen functional groups attached to an aromatic ring is 1. The monoisotopic (exact) mass is 248 g/mol. The van der Waals surface area contributed by atoms with Crippen LogP contribution in [0.2, 0.25) is 0 Å². The molecule has 1 unspecified atom stereocenters. The van der Waals surface area contributed by atoms with Crippen molar-refractivity contribution < 1.29 is 4.74 Å². The zero-order chi connectivity index (χ0) is 12.8. The standard InChI is InChI=1S/C15H24N2O/c1-13-7-3-2-6-10-17(13)11-12-18-15-9-5-4-8-14(15)16/h4-5,8-9,13H,2-3,6-7,10-12,16H2,1H3. The van der Waals surface area contributed by atoms with E-state index in [0.29, 0.717) is 6.04 Å². The number of nitrogens with two attached hydrogens (primary N) is 1. The maximum atomic E-state index is 5.85. The summed E-state index contributed by atoms with van der Waals surface area (Å²) in [5.41, 5.74) is 6.58. The summed E-state index contributed by atoms with van der Waals surface area (Å²) in [7, 11) is 0. The average Bonchev–Trinajstić information content (AvgIpc) is 2.57. The summed E-state index contributed by atoms with van der Waals surface area (Å²) in [4.78, 5) is 2.53. The second-order valence-corrected chi connectivity index (χ2v) is 5.12. The Morgan fingerprint density at radius 1 is 1.28 bits per heavy atom. The van der Waals surface area contributed by atoms with Crippen molar-refractivity contribution >= 4 is 5.69 Å². The smallest absolute Gasteiger partial charge is 0.142 e. The number of benzene rings is 1. The van der Waals surface area contributed by atoms with Crippen LogP contribution >= 0.6 is 0 Å². The Morgan fingerprint density at radius 3 is 2.94 bits per heavy atom. The second-order valence-electron chi connectivity index (χ2n) is 5.12. The molecule has 1 aliphatic heterocycles. The van der Waals surface area contributed by atoms with Gasteiger partial charge < -0.3 is 10.5 Å². The summed E-state index contributed by atoms with van der Waals surface area (Å²) in [5.74, 6) is 0.806. The second kappa shape index (κ2) is 6.64. The van der Waals surface area contributed by atoms with Crippen molar-refractivity contribution in [2.45, 2.75) is 38.6 Å². The number of likely N-dealkylation sites (tertiary alicyclic amines) is 1. The lowest BCUT2D eigenvalue weighted by Gasteiger charge is -2.26. The van der Waals surface area contributed by atoms with Crippen molar-refractivity contribution in [2.24, 2.45) is 0 Å². The molecule has 1 aromatic carbocycles. The van der Waals surface area contributed by atoms with Crippen LogP contribution in [0, 0.1) is 0 Å². The lowest BCUT2D eigenvalue weighted by molar-refractivity contribution is 0.171. The molecule has 0 aromatic heterocycles. The minimum absolute atomic E-state index is 0.684. The van der Waals surface area contributed by atoms with Crippen LogP contribution in [0.25, 0.3) is 0 Å². The molecular formula is C15H24N2O. The van der Waals surface area contributed by atoms with Crippen molar-refractivity contribution in [3.05, 3.63) is 24.3 Å². The molecule has 1 aliphatic rings. The van der Waals surface area contributed by atoms with Gasteiger partial charge in [0, 0.05) is 12.6 Å². The first kappa shape index (κ1) is 13.2. The fourth-order valence-electron chi connectivity index (χ4n) is 2.55. The van der Waals surface area contributed by atoms with Gasteiger partial charge in [0.05, 0.1) is 5.69 Å². The van der Waals surface area contributed by atoms with E-state index < -0.39 is 0 Å². The minimum Gasteiger partial charge on any atom is -0.490 e. The fraction of sp³-hybridized carbons (Fsp3) is 0.600. The van der Waals surface area contributed by atoms with Gasteiger partial charge in [-0.05, 0) is 38.4 Å². The molecule has 3 nitrogen and oxygen atoms in total. The lowest BCUT2D eigenvalue weighted by atomic mass is 10.1. The van der Waals surface area contributed by atoms with Gasteiger partial charge in [-0.25, -0.2) is 0 Å². The first-order chi connectivity index (χ1) is 8.77. The summed E-state index contributed by atoms with van der Waals surface area (Å²) in [5, 5.41) is 0. The third kappa shape index (κ3) is 3.64. The summed E-state index contributed by atoms with van der Waals surface area (Å²) in [6.45, 7) is 5.24. The average molecular weight is 248 g/mol. The van der Waals surface area contributed by atoms with Crippen molar-refractivity contribution in [1.29, 1.82) is 0 Å². The maximum absolute atomic E-state index is 5.85. The van der Waals surface area contributed by atoms with Gasteiger partial charge in [-0.2, -0.15) is 0 Å². The quantitative estimate of drug-likeness (QED) is 0.833. The normalized spacial score (nSPS) is 21.5. The number of ether oxygens (including phenoxy) is 1. The number of hydrogen-bond acceptors (Lipinski definition) is 3. The minimum atomic E-state index is 0.684. The molecule has 2 N–H and O–H groups in total. The van der Waals surface area contributed by atoms with Crippen molar-refractivity contribution in [1.82, 2.24) is 4.90 Å². The molecule has 0 amide bonds. The highest BCUT2D eigenvalue weighted by Gasteiger charge is 2.16. The highest BCUT2D eigenvalue weighted by molar-refractivity contribution is 5.51. The van der Waals surface area contributed by atoms with E-state index in [-0.39, 0.29) is 0 Å². The molecule has 18 heavy (non-hydrogen) atoms. The van der Waals surface area contributed by atoms with E-state index in [1.54, 1.807) is 0 Å². The highest BCUT2D eigenvalue weighted by atomic mass is 16.5. The number of anilines is 1. The largest absolute Gasteiger partial charge is 0.490 e. The van der Waals surface area contributed by atoms with E-state index >= 15 is 0 Å². The molecule has 100 valence electrons. The Morgan fingerprint density at radius 2 is 2.11 bits per heavy atom. The number of para-hydroxylation sites is 2. The Bertz CT molecular complexity index is 367. The van der Waals surface area contributed by atoms with Crippen molar-refractivity contribution in [2.75, 3.05) is 25.4 Å². The number of hydrogen-bond donors (Lipinski definition) is 1. The molecule has 0 spiro atoms. The molecule has 2 rings (SSSR count). The van der Waals surface area contributed by atoms with Gasteiger partial charge >= 0.3 is 0 Å². The topological polar surface area (TPSA) is 38.5 Å². The van der Waals surface area contributed by atoms with Crippen LogP contribution < -0.4 is 10.5 Å². The van der Waals surface area contributed by atoms with E-state index in [4.69, 9.17) is 10.5 Å². The van der Waals surface area contributed by atoms with E-state index in [1.165, 1.54) is 32.2 Å². The van der Waals surface area contributed by atoms with Crippen LogP contribution in [0.1, 0.15) is 32.6 Å². The highest BCUT2D eigenvalue weighted by Crippen LogP contribution is 2.20. The molecule has 1 fully saturated rings. The summed E-state index contributed by atoms with van der Waals surface area (Å²) in [6.07, 6.45) is 5.36. The molecule has 1 aromatic rings. The Kier molecular flexibility index (Phi) is 4.88. The third-order valence-electron chi connectivity index (χ3n) is 3.75. The van der Waals surface area contributed by atoms with Crippen LogP contribution in [-0.2, 0) is 0 Å². The molecule has 1 heterocycles. The molecule has 1 atom stereocenters. The van der Waals surface area contributed by atoms with Gasteiger partial charge in [-0.1, -0.05) is 25.0 Å². The van der Waals surface area contributed by atoms with E-state index in [0.717, 1.165) is 24.6 Å². The molecule has 0 saturated carbocycles. The SMILES string of the molecule is CC1CCCCCN1CCOc1ccccc1N. The number of nitrogens with zero attached hydrogens (tertiary/aromatic N) is 1. The van der Waals surface area contributed by atoms with Crippen molar-refractivity contribution in [3.8, 4) is 5.75 Å². The zero-order valence-electron chi connectivity index (χ0n) is 11.3. The predicted molar refractivity (Wildman–Crippen MR) is 75.9 cm³/mol. The van der Waals surface area contributed by atoms with Gasteiger partial charge in [0.25, 0.3) is 0 Å². The van der Waals surface area contributed by atoms with Crippen molar-refractivity contribution in [3.63, 3.8) is 0 Å². The van der Waals surface area contributed by atoms with Crippen LogP contribution in [-0.4, -0.2) is 30.6 Å². The molecule has 3 heteroatoms. The van der Waals surface area contributed by atoms with E-state index in [2.05, 4.69) is 11.8 Å². The maximum Gasteiger partial charge on any atom is 0.142 e. The lowest BCUT2D eigenvalue weighted by Crippen LogP contribution is -2.35. The Labute approximate surface area is 110 Å². The Balaban J connectivity index is 1.79. The van der Waals surface area contributed by atoms with Gasteiger partial charge in [0.2, 0.25) is 0 Å². The van der Waals surface area contributed by atoms with Crippen LogP contribution in [0.4, 0.5) is 5.69 Å². The first-order valence-electron chi connectivity index (χ1n) is 6.99. The van der Waals surface area contributed by atoms with E-state index in [1.807, 2.05) is 24.3 Å². The fourth-order valence-corrected chi connectivity index (χ4v) is 2.55. The van der Waals surface area contributed by atoms with Crippen LogP contribution in [0.5, 0.6) is 5.75 Å². The van der Waals surface area contributed by atoms with Gasteiger partial charge in [-0.3, -0.25) is 4.90 Å². The molecular weight excluding hydrogens is 224 g/mol.